The van der Waals surface area contributed by atoms with Gasteiger partial charge in [0.05, 0.1) is 0 Å². The number of hydrogen-bond donors (Lipinski definition) is 3. The highest BCUT2D eigenvalue weighted by molar-refractivity contribution is 7.91. The van der Waals surface area contributed by atoms with Crippen LogP contribution >= 0.6 is 11.3 Å². The Morgan fingerprint density at radius 3 is 2.56 bits per heavy atom. The number of nitrogens with two attached hydrogens (primary N) is 1. The topological polar surface area (TPSA) is 105 Å². The third kappa shape index (κ3) is 2.51. The van der Waals surface area contributed by atoms with Crippen LogP contribution < -0.4 is 15.3 Å². The van der Waals surface area contributed by atoms with Gasteiger partial charge in [-0.15, -0.1) is 0 Å². The number of H-pyrrole nitrogens is 1. The van der Waals surface area contributed by atoms with E-state index in [4.69, 9.17) is 5.73 Å². The molecule has 4 N–H and O–H groups in total. The van der Waals surface area contributed by atoms with Gasteiger partial charge < -0.3 is 10.7 Å². The van der Waals surface area contributed by atoms with E-state index in [0.29, 0.717) is 17.0 Å². The maximum atomic E-state index is 12.3. The predicted octanol–water partition coefficient (Wildman–Crippen LogP) is 0.151. The summed E-state index contributed by atoms with van der Waals surface area (Å²) in [7, 11) is -3.69. The Labute approximate surface area is 110 Å². The number of nitrogens with one attached hydrogen (secondary N) is 2. The zero-order valence-electron chi connectivity index (χ0n) is 10.3. The standard InChI is InChI=1S/C10H17N3O3S2/c1-6-8(17-9(14)12-6)18(15,16)13-10(2,5-11)7-3-4-7/h7,13H,3-5,11H2,1-2H3,(H,12,14). The first kappa shape index (κ1) is 13.7. The first-order valence-corrected chi connectivity index (χ1v) is 8.02. The van der Waals surface area contributed by atoms with Gasteiger partial charge in [0.25, 0.3) is 10.0 Å². The molecule has 1 atom stereocenters. The Balaban J connectivity index is 2.32. The van der Waals surface area contributed by atoms with Crippen LogP contribution in [0.15, 0.2) is 9.00 Å². The van der Waals surface area contributed by atoms with Crippen LogP contribution in [0.3, 0.4) is 0 Å². The van der Waals surface area contributed by atoms with Crippen LogP contribution in [0, 0.1) is 12.8 Å². The van der Waals surface area contributed by atoms with Gasteiger partial charge in [-0.1, -0.05) is 11.3 Å². The van der Waals surface area contributed by atoms with Crippen LogP contribution in [0.2, 0.25) is 0 Å². The number of hydrogen-bond acceptors (Lipinski definition) is 5. The van der Waals surface area contributed by atoms with Crippen molar-refractivity contribution in [2.45, 2.75) is 36.4 Å². The summed E-state index contributed by atoms with van der Waals surface area (Å²) in [6.07, 6.45) is 1.97. The number of aromatic amines is 1. The van der Waals surface area contributed by atoms with Crippen molar-refractivity contribution < 1.29 is 8.42 Å². The van der Waals surface area contributed by atoms with E-state index >= 15 is 0 Å². The Bertz CT molecular complexity index is 600. The molecule has 1 aliphatic carbocycles. The second-order valence-electron chi connectivity index (χ2n) is 4.93. The molecule has 0 amide bonds. The van der Waals surface area contributed by atoms with E-state index < -0.39 is 15.6 Å². The molecule has 0 aromatic carbocycles. The molecule has 1 saturated carbocycles. The molecule has 1 fully saturated rings. The van der Waals surface area contributed by atoms with Crippen LogP contribution in [0.4, 0.5) is 0 Å². The SMILES string of the molecule is Cc1[nH]c(=O)sc1S(=O)(=O)NC(C)(CN)C1CC1. The maximum Gasteiger partial charge on any atom is 0.305 e. The van der Waals surface area contributed by atoms with Gasteiger partial charge in [0, 0.05) is 17.8 Å². The predicted molar refractivity (Wildman–Crippen MR) is 70.2 cm³/mol. The van der Waals surface area contributed by atoms with Gasteiger partial charge in [-0.2, -0.15) is 0 Å². The molecule has 1 unspecified atom stereocenters. The van der Waals surface area contributed by atoms with Crippen molar-refractivity contribution in [3.8, 4) is 0 Å². The summed E-state index contributed by atoms with van der Waals surface area (Å²) in [5, 5.41) is 0. The van der Waals surface area contributed by atoms with E-state index in [1.165, 1.54) is 0 Å². The smallest absolute Gasteiger partial charge is 0.305 e. The molecule has 0 saturated heterocycles. The molecule has 0 radical (unpaired) electrons. The minimum Gasteiger partial charge on any atom is -0.329 e. The van der Waals surface area contributed by atoms with Crippen molar-refractivity contribution in [1.29, 1.82) is 0 Å². The zero-order chi connectivity index (χ0) is 13.6. The first-order valence-electron chi connectivity index (χ1n) is 5.72. The number of rotatable bonds is 5. The molecule has 102 valence electrons. The number of sulfonamides is 1. The fourth-order valence-electron chi connectivity index (χ4n) is 2.01. The summed E-state index contributed by atoms with van der Waals surface area (Å²) in [5.41, 5.74) is 5.42. The van der Waals surface area contributed by atoms with Crippen LogP contribution in [0.1, 0.15) is 25.5 Å². The quantitative estimate of drug-likeness (QED) is 0.718. The Hall–Kier alpha value is -0.700. The Morgan fingerprint density at radius 1 is 1.56 bits per heavy atom. The molecule has 0 spiro atoms. The monoisotopic (exact) mass is 291 g/mol. The van der Waals surface area contributed by atoms with Gasteiger partial charge in [-0.25, -0.2) is 13.1 Å². The van der Waals surface area contributed by atoms with Gasteiger partial charge in [0.15, 0.2) is 4.21 Å². The van der Waals surface area contributed by atoms with Crippen LogP contribution in [-0.4, -0.2) is 25.5 Å². The van der Waals surface area contributed by atoms with E-state index in [1.54, 1.807) is 6.92 Å². The van der Waals surface area contributed by atoms with Crippen molar-refractivity contribution in [3.63, 3.8) is 0 Å². The molecular weight excluding hydrogens is 274 g/mol. The van der Waals surface area contributed by atoms with Crippen LogP contribution in [0.25, 0.3) is 0 Å². The molecule has 8 heteroatoms. The van der Waals surface area contributed by atoms with Gasteiger partial charge in [-0.05, 0) is 32.6 Å². The Kier molecular flexibility index (Phi) is 3.39. The number of aromatic nitrogens is 1. The fourth-order valence-corrected chi connectivity index (χ4v) is 4.79. The molecule has 0 aliphatic heterocycles. The third-order valence-electron chi connectivity index (χ3n) is 3.30. The average Bonchev–Trinajstić information content (AvgIpc) is 3.04. The molecule has 1 aliphatic rings. The minimum atomic E-state index is -3.69. The van der Waals surface area contributed by atoms with E-state index in [1.807, 2.05) is 6.92 Å². The van der Waals surface area contributed by atoms with Crippen LogP contribution in [-0.2, 0) is 10.0 Å². The lowest BCUT2D eigenvalue weighted by Crippen LogP contribution is -2.52. The molecule has 2 rings (SSSR count). The van der Waals surface area contributed by atoms with E-state index in [0.717, 1.165) is 12.8 Å². The van der Waals surface area contributed by atoms with Crippen molar-refractivity contribution in [1.82, 2.24) is 9.71 Å². The summed E-state index contributed by atoms with van der Waals surface area (Å²) >= 11 is 0.702. The summed E-state index contributed by atoms with van der Waals surface area (Å²) in [5.74, 6) is 0.285. The first-order chi connectivity index (χ1) is 8.28. The lowest BCUT2D eigenvalue weighted by atomic mass is 9.98. The van der Waals surface area contributed by atoms with E-state index in [-0.39, 0.29) is 21.5 Å². The number of thiazole rings is 1. The highest BCUT2D eigenvalue weighted by Crippen LogP contribution is 2.39. The van der Waals surface area contributed by atoms with E-state index in [9.17, 15) is 13.2 Å². The van der Waals surface area contributed by atoms with Gasteiger partial charge in [0.2, 0.25) is 0 Å². The normalized spacial score (nSPS) is 19.7. The lowest BCUT2D eigenvalue weighted by Gasteiger charge is -2.28. The van der Waals surface area contributed by atoms with Gasteiger partial charge >= 0.3 is 4.87 Å². The third-order valence-corrected chi connectivity index (χ3v) is 6.51. The summed E-state index contributed by atoms with van der Waals surface area (Å²) in [4.78, 5) is 13.3. The molecule has 1 aromatic rings. The average molecular weight is 291 g/mol. The maximum absolute atomic E-state index is 12.3. The second kappa shape index (κ2) is 4.44. The van der Waals surface area contributed by atoms with Gasteiger partial charge in [-0.3, -0.25) is 4.79 Å². The Morgan fingerprint density at radius 2 is 2.17 bits per heavy atom. The summed E-state index contributed by atoms with van der Waals surface area (Å²) < 4.78 is 27.2. The molecule has 6 nitrogen and oxygen atoms in total. The molecule has 1 aromatic heterocycles. The highest BCUT2D eigenvalue weighted by Gasteiger charge is 2.43. The number of aryl methyl sites for hydroxylation is 1. The van der Waals surface area contributed by atoms with E-state index in [2.05, 4.69) is 9.71 Å². The fraction of sp³-hybridized carbons (Fsp3) is 0.700. The largest absolute Gasteiger partial charge is 0.329 e. The second-order valence-corrected chi connectivity index (χ2v) is 7.79. The minimum absolute atomic E-state index is 0.0489. The van der Waals surface area contributed by atoms with Crippen molar-refractivity contribution >= 4 is 21.4 Å². The summed E-state index contributed by atoms with van der Waals surface area (Å²) in [6.45, 7) is 3.63. The summed E-state index contributed by atoms with van der Waals surface area (Å²) in [6, 6.07) is 0. The molecule has 1 heterocycles. The molecule has 18 heavy (non-hydrogen) atoms. The van der Waals surface area contributed by atoms with Crippen molar-refractivity contribution in [2.75, 3.05) is 6.54 Å². The van der Waals surface area contributed by atoms with Crippen molar-refractivity contribution in [3.05, 3.63) is 15.4 Å². The lowest BCUT2D eigenvalue weighted by molar-refractivity contribution is 0.374. The van der Waals surface area contributed by atoms with Crippen LogP contribution in [0.5, 0.6) is 0 Å². The molecular formula is C10H17N3O3S2. The molecule has 0 bridgehead atoms. The zero-order valence-corrected chi connectivity index (χ0v) is 12.0. The highest BCUT2D eigenvalue weighted by atomic mass is 32.2. The van der Waals surface area contributed by atoms with Crippen molar-refractivity contribution in [2.24, 2.45) is 11.7 Å². The van der Waals surface area contributed by atoms with Gasteiger partial charge in [0.1, 0.15) is 0 Å².